The Hall–Kier alpha value is -1.34. The van der Waals surface area contributed by atoms with E-state index in [1.165, 1.54) is 6.20 Å². The zero-order valence-corrected chi connectivity index (χ0v) is 8.70. The first-order valence-electron chi connectivity index (χ1n) is 4.79. The molecule has 1 heterocycles. The van der Waals surface area contributed by atoms with Gasteiger partial charge in [0.25, 0.3) is 6.43 Å². The molecule has 5 nitrogen and oxygen atoms in total. The second-order valence-corrected chi connectivity index (χ2v) is 3.12. The average molecular weight is 232 g/mol. The summed E-state index contributed by atoms with van der Waals surface area (Å²) in [7, 11) is 0. The van der Waals surface area contributed by atoms with E-state index in [-0.39, 0.29) is 13.2 Å². The summed E-state index contributed by atoms with van der Waals surface area (Å²) in [4.78, 5) is 7.97. The van der Waals surface area contributed by atoms with Gasteiger partial charge < -0.3 is 16.2 Å². The minimum Gasteiger partial charge on any atom is -0.383 e. The van der Waals surface area contributed by atoms with Crippen molar-refractivity contribution in [3.63, 3.8) is 0 Å². The maximum Gasteiger partial charge on any atom is 0.261 e. The van der Waals surface area contributed by atoms with Gasteiger partial charge in [0, 0.05) is 24.7 Å². The number of hydrogen-bond acceptors (Lipinski definition) is 5. The fraction of sp³-hybridized carbons (Fsp3) is 0.556. The van der Waals surface area contributed by atoms with Gasteiger partial charge in [-0.3, -0.25) is 0 Å². The van der Waals surface area contributed by atoms with Gasteiger partial charge in [0.15, 0.2) is 0 Å². The number of nitrogens with two attached hydrogens (primary N) is 2. The summed E-state index contributed by atoms with van der Waals surface area (Å²) < 4.78 is 28.2. The Kier molecular flexibility index (Phi) is 5.00. The molecule has 16 heavy (non-hydrogen) atoms. The van der Waals surface area contributed by atoms with Crippen LogP contribution in [0.1, 0.15) is 11.4 Å². The van der Waals surface area contributed by atoms with Crippen molar-refractivity contribution >= 4 is 5.82 Å². The summed E-state index contributed by atoms with van der Waals surface area (Å²) in [6, 6.07) is 0. The molecule has 0 saturated carbocycles. The van der Waals surface area contributed by atoms with Crippen LogP contribution in [0.25, 0.3) is 0 Å². The third kappa shape index (κ3) is 4.03. The van der Waals surface area contributed by atoms with Crippen molar-refractivity contribution in [1.29, 1.82) is 0 Å². The summed E-state index contributed by atoms with van der Waals surface area (Å²) >= 11 is 0. The molecular formula is C9H14F2N4O. The van der Waals surface area contributed by atoms with E-state index in [4.69, 9.17) is 16.2 Å². The Bertz CT molecular complexity index is 335. The second kappa shape index (κ2) is 6.29. The lowest BCUT2D eigenvalue weighted by Gasteiger charge is -2.05. The highest BCUT2D eigenvalue weighted by molar-refractivity contribution is 5.37. The number of anilines is 1. The molecule has 1 rings (SSSR count). The minimum absolute atomic E-state index is 0.145. The molecule has 0 bridgehead atoms. The molecule has 90 valence electrons. The molecule has 1 aromatic heterocycles. The number of rotatable bonds is 6. The van der Waals surface area contributed by atoms with Crippen molar-refractivity contribution in [2.45, 2.75) is 19.4 Å². The van der Waals surface area contributed by atoms with Gasteiger partial charge in [0.1, 0.15) is 18.2 Å². The number of ether oxygens (including phenoxy) is 1. The Morgan fingerprint density at radius 1 is 1.44 bits per heavy atom. The van der Waals surface area contributed by atoms with Crippen LogP contribution in [0.15, 0.2) is 6.20 Å². The third-order valence-electron chi connectivity index (χ3n) is 1.88. The molecule has 0 atom stereocenters. The topological polar surface area (TPSA) is 87.0 Å². The zero-order valence-electron chi connectivity index (χ0n) is 8.70. The zero-order chi connectivity index (χ0) is 12.0. The number of nitrogens with zero attached hydrogens (tertiary/aromatic N) is 2. The minimum atomic E-state index is -2.45. The van der Waals surface area contributed by atoms with Crippen molar-refractivity contribution in [1.82, 2.24) is 9.97 Å². The Balaban J connectivity index is 2.40. The van der Waals surface area contributed by atoms with Crippen molar-refractivity contribution in [2.75, 3.05) is 18.9 Å². The van der Waals surface area contributed by atoms with Crippen LogP contribution in [0.4, 0.5) is 14.6 Å². The lowest BCUT2D eigenvalue weighted by atomic mass is 10.3. The maximum atomic E-state index is 11.7. The summed E-state index contributed by atoms with van der Waals surface area (Å²) in [5.41, 5.74) is 11.6. The second-order valence-electron chi connectivity index (χ2n) is 3.12. The monoisotopic (exact) mass is 232 g/mol. The van der Waals surface area contributed by atoms with E-state index in [1.54, 1.807) is 0 Å². The lowest BCUT2D eigenvalue weighted by molar-refractivity contribution is 0.0183. The SMILES string of the molecule is NCc1cnc(CCOCC(F)F)nc1N. The van der Waals surface area contributed by atoms with Gasteiger partial charge in [0.05, 0.1) is 6.61 Å². The molecule has 4 N–H and O–H groups in total. The van der Waals surface area contributed by atoms with Crippen molar-refractivity contribution in [2.24, 2.45) is 5.73 Å². The van der Waals surface area contributed by atoms with E-state index in [9.17, 15) is 8.78 Å². The molecule has 0 aliphatic carbocycles. The fourth-order valence-electron chi connectivity index (χ4n) is 1.07. The van der Waals surface area contributed by atoms with Gasteiger partial charge in [0.2, 0.25) is 0 Å². The average Bonchev–Trinajstić information content (AvgIpc) is 2.24. The van der Waals surface area contributed by atoms with Crippen LogP contribution < -0.4 is 11.5 Å². The summed E-state index contributed by atoms with van der Waals surface area (Å²) in [6.07, 6.45) is -0.572. The van der Waals surface area contributed by atoms with E-state index >= 15 is 0 Å². The molecule has 0 radical (unpaired) electrons. The molecule has 0 saturated heterocycles. The van der Waals surface area contributed by atoms with Crippen molar-refractivity contribution in [3.8, 4) is 0 Å². The van der Waals surface area contributed by atoms with Crippen LogP contribution in [0.2, 0.25) is 0 Å². The fourth-order valence-corrected chi connectivity index (χ4v) is 1.07. The van der Waals surface area contributed by atoms with Gasteiger partial charge in [-0.25, -0.2) is 18.7 Å². The van der Waals surface area contributed by atoms with Gasteiger partial charge in [-0.05, 0) is 0 Å². The number of nitrogen functional groups attached to an aromatic ring is 1. The standard InChI is InChI=1S/C9H14F2N4O/c10-7(11)5-16-2-1-8-14-4-6(3-12)9(13)15-8/h4,7H,1-3,5,12H2,(H2,13,14,15). The van der Waals surface area contributed by atoms with Crippen LogP contribution in [-0.2, 0) is 17.7 Å². The van der Waals surface area contributed by atoms with Crippen LogP contribution in [0.5, 0.6) is 0 Å². The van der Waals surface area contributed by atoms with Crippen molar-refractivity contribution in [3.05, 3.63) is 17.6 Å². The van der Waals surface area contributed by atoms with E-state index in [1.807, 2.05) is 0 Å². The van der Waals surface area contributed by atoms with E-state index < -0.39 is 13.0 Å². The highest BCUT2D eigenvalue weighted by atomic mass is 19.3. The highest BCUT2D eigenvalue weighted by Crippen LogP contribution is 2.06. The van der Waals surface area contributed by atoms with Gasteiger partial charge in [-0.1, -0.05) is 0 Å². The molecule has 0 amide bonds. The molecule has 0 aromatic carbocycles. The Morgan fingerprint density at radius 3 is 2.75 bits per heavy atom. The van der Waals surface area contributed by atoms with E-state index in [0.29, 0.717) is 23.6 Å². The lowest BCUT2D eigenvalue weighted by Crippen LogP contribution is -2.11. The van der Waals surface area contributed by atoms with Crippen LogP contribution in [0.3, 0.4) is 0 Å². The molecule has 1 aromatic rings. The van der Waals surface area contributed by atoms with Crippen molar-refractivity contribution < 1.29 is 13.5 Å². The Labute approximate surface area is 91.8 Å². The smallest absolute Gasteiger partial charge is 0.261 e. The Morgan fingerprint density at radius 2 is 2.19 bits per heavy atom. The highest BCUT2D eigenvalue weighted by Gasteiger charge is 2.04. The predicted molar refractivity (Wildman–Crippen MR) is 54.9 cm³/mol. The van der Waals surface area contributed by atoms with Crippen LogP contribution in [-0.4, -0.2) is 29.6 Å². The third-order valence-corrected chi connectivity index (χ3v) is 1.88. The summed E-state index contributed by atoms with van der Waals surface area (Å²) in [5.74, 6) is 0.783. The number of alkyl halides is 2. The summed E-state index contributed by atoms with van der Waals surface area (Å²) in [6.45, 7) is -0.157. The molecule has 0 aliphatic heterocycles. The van der Waals surface area contributed by atoms with E-state index in [2.05, 4.69) is 9.97 Å². The summed E-state index contributed by atoms with van der Waals surface area (Å²) in [5, 5.41) is 0. The maximum absolute atomic E-state index is 11.7. The van der Waals surface area contributed by atoms with Gasteiger partial charge >= 0.3 is 0 Å². The number of hydrogen-bond donors (Lipinski definition) is 2. The predicted octanol–water partition coefficient (Wildman–Crippen LogP) is 0.342. The first-order valence-corrected chi connectivity index (χ1v) is 4.79. The number of halogens is 2. The van der Waals surface area contributed by atoms with Gasteiger partial charge in [-0.2, -0.15) is 0 Å². The molecule has 0 fully saturated rings. The molecular weight excluding hydrogens is 218 g/mol. The molecule has 0 spiro atoms. The van der Waals surface area contributed by atoms with Gasteiger partial charge in [-0.15, -0.1) is 0 Å². The molecule has 7 heteroatoms. The van der Waals surface area contributed by atoms with Crippen LogP contribution in [0, 0.1) is 0 Å². The largest absolute Gasteiger partial charge is 0.383 e. The molecule has 0 aliphatic rings. The first-order chi connectivity index (χ1) is 7.63. The molecule has 0 unspecified atom stereocenters. The quantitative estimate of drug-likeness (QED) is 0.691. The van der Waals surface area contributed by atoms with Crippen LogP contribution >= 0.6 is 0 Å². The normalized spacial score (nSPS) is 11.0. The number of aromatic nitrogens is 2. The first kappa shape index (κ1) is 12.7. The van der Waals surface area contributed by atoms with E-state index in [0.717, 1.165) is 0 Å².